The predicted octanol–water partition coefficient (Wildman–Crippen LogP) is 3.14. The van der Waals surface area contributed by atoms with E-state index in [0.29, 0.717) is 16.7 Å². The van der Waals surface area contributed by atoms with Crippen LogP contribution in [0.15, 0.2) is 53.4 Å². The predicted molar refractivity (Wildman–Crippen MR) is 83.7 cm³/mol. The molecule has 1 aliphatic rings. The number of hydrogen-bond acceptors (Lipinski definition) is 4. The average molecular weight is 310 g/mol. The van der Waals surface area contributed by atoms with Crippen molar-refractivity contribution in [3.05, 3.63) is 70.8 Å². The molecule has 0 amide bonds. The third-order valence-corrected chi connectivity index (χ3v) is 4.00. The van der Waals surface area contributed by atoms with E-state index in [0.717, 1.165) is 0 Å². The van der Waals surface area contributed by atoms with Gasteiger partial charge in [0, 0.05) is 21.6 Å². The van der Waals surface area contributed by atoms with Crippen molar-refractivity contribution in [2.75, 3.05) is 0 Å². The first-order chi connectivity index (χ1) is 10.5. The van der Waals surface area contributed by atoms with Gasteiger partial charge in [-0.1, -0.05) is 36.4 Å². The minimum atomic E-state index is -1.14. The van der Waals surface area contributed by atoms with Gasteiger partial charge in [0.2, 0.25) is 0 Å². The summed E-state index contributed by atoms with van der Waals surface area (Å²) in [5, 5.41) is 9.14. The van der Waals surface area contributed by atoms with E-state index in [9.17, 15) is 14.4 Å². The van der Waals surface area contributed by atoms with Gasteiger partial charge in [0.15, 0.2) is 11.6 Å². The largest absolute Gasteiger partial charge is 0.478 e. The van der Waals surface area contributed by atoms with Crippen molar-refractivity contribution in [3.8, 4) is 0 Å². The number of fused-ring (bicyclic) bond motifs is 1. The number of rotatable bonds is 2. The molecule has 5 heteroatoms. The number of carbonyl (C=O) groups excluding carboxylic acids is 2. The molecule has 2 aromatic carbocycles. The number of thiol groups is 1. The van der Waals surface area contributed by atoms with Gasteiger partial charge in [0.1, 0.15) is 0 Å². The molecule has 0 unspecified atom stereocenters. The first-order valence-corrected chi connectivity index (χ1v) is 6.91. The van der Waals surface area contributed by atoms with Crippen molar-refractivity contribution in [3.63, 3.8) is 0 Å². The molecule has 0 atom stereocenters. The minimum absolute atomic E-state index is 0.0131. The van der Waals surface area contributed by atoms with E-state index in [1.165, 1.54) is 18.2 Å². The van der Waals surface area contributed by atoms with Gasteiger partial charge in [0.25, 0.3) is 0 Å². The lowest BCUT2D eigenvalue weighted by atomic mass is 9.86. The first kappa shape index (κ1) is 14.3. The summed E-state index contributed by atoms with van der Waals surface area (Å²) in [6.07, 6.45) is 1.24. The number of hydrogen-bond donors (Lipinski definition) is 2. The lowest BCUT2D eigenvalue weighted by Gasteiger charge is -2.17. The zero-order valence-electron chi connectivity index (χ0n) is 11.2. The standard InChI is InChI=1S/C17H10O4S/c18-14-8-13(15(19)10-5-2-1-4-9(10)14)11-6-3-7-12(16(11)22)17(20)21/h1-8,22H,(H,20,21). The maximum atomic E-state index is 12.6. The number of ketones is 2. The van der Waals surface area contributed by atoms with Crippen LogP contribution >= 0.6 is 12.6 Å². The van der Waals surface area contributed by atoms with Gasteiger partial charge < -0.3 is 5.11 Å². The van der Waals surface area contributed by atoms with E-state index in [1.54, 1.807) is 30.3 Å². The van der Waals surface area contributed by atoms with Crippen LogP contribution < -0.4 is 0 Å². The molecule has 0 radical (unpaired) electrons. The fourth-order valence-electron chi connectivity index (χ4n) is 2.45. The molecule has 108 valence electrons. The molecule has 2 aromatic rings. The van der Waals surface area contributed by atoms with Crippen molar-refractivity contribution in [1.82, 2.24) is 0 Å². The third-order valence-electron chi connectivity index (χ3n) is 3.51. The average Bonchev–Trinajstić information content (AvgIpc) is 2.51. The van der Waals surface area contributed by atoms with Crippen LogP contribution in [0.25, 0.3) is 5.57 Å². The molecule has 0 saturated heterocycles. The van der Waals surface area contributed by atoms with E-state index in [4.69, 9.17) is 5.11 Å². The van der Waals surface area contributed by atoms with Crippen molar-refractivity contribution < 1.29 is 19.5 Å². The Kier molecular flexibility index (Phi) is 3.42. The summed E-state index contributed by atoms with van der Waals surface area (Å²) in [5.74, 6) is -1.73. The van der Waals surface area contributed by atoms with Gasteiger partial charge in [-0.15, -0.1) is 12.6 Å². The van der Waals surface area contributed by atoms with Crippen LogP contribution in [0.1, 0.15) is 36.6 Å². The molecule has 0 aromatic heterocycles. The van der Waals surface area contributed by atoms with Crippen molar-refractivity contribution in [2.24, 2.45) is 0 Å². The number of carboxylic acid groups (broad SMARTS) is 1. The van der Waals surface area contributed by atoms with Gasteiger partial charge in [-0.25, -0.2) is 4.79 Å². The fourth-order valence-corrected chi connectivity index (χ4v) is 2.81. The molecule has 22 heavy (non-hydrogen) atoms. The molecular weight excluding hydrogens is 300 g/mol. The molecule has 1 aliphatic carbocycles. The van der Waals surface area contributed by atoms with Crippen LogP contribution in [0.5, 0.6) is 0 Å². The second-order valence-corrected chi connectivity index (χ2v) is 5.25. The van der Waals surface area contributed by atoms with Crippen molar-refractivity contribution in [1.29, 1.82) is 0 Å². The van der Waals surface area contributed by atoms with Crippen molar-refractivity contribution >= 4 is 35.7 Å². The number of allylic oxidation sites excluding steroid dienone is 2. The summed E-state index contributed by atoms with van der Waals surface area (Å²) < 4.78 is 0. The van der Waals surface area contributed by atoms with E-state index in [-0.39, 0.29) is 27.6 Å². The van der Waals surface area contributed by atoms with Crippen molar-refractivity contribution in [2.45, 2.75) is 4.90 Å². The molecule has 0 saturated carbocycles. The Morgan fingerprint density at radius 3 is 2.23 bits per heavy atom. The summed E-state index contributed by atoms with van der Waals surface area (Å²) in [6.45, 7) is 0. The van der Waals surface area contributed by atoms with E-state index < -0.39 is 5.97 Å². The molecule has 0 aliphatic heterocycles. The maximum Gasteiger partial charge on any atom is 0.336 e. The van der Waals surface area contributed by atoms with Gasteiger partial charge in [0.05, 0.1) is 5.56 Å². The van der Waals surface area contributed by atoms with Crippen LogP contribution in [0.2, 0.25) is 0 Å². The molecule has 0 fully saturated rings. The molecule has 0 spiro atoms. The van der Waals surface area contributed by atoms with Gasteiger partial charge >= 0.3 is 5.97 Å². The number of benzene rings is 2. The Bertz CT molecular complexity index is 865. The summed E-state index contributed by atoms with van der Waals surface area (Å²) in [5.41, 5.74) is 1.17. The highest BCUT2D eigenvalue weighted by atomic mass is 32.1. The number of carboxylic acids is 1. The van der Waals surface area contributed by atoms with Crippen LogP contribution in [-0.2, 0) is 0 Å². The topological polar surface area (TPSA) is 71.4 Å². The number of Topliss-reactive ketones (excluding diaryl/α,β-unsaturated/α-hetero) is 1. The number of aromatic carboxylic acids is 1. The van der Waals surface area contributed by atoms with E-state index in [1.807, 2.05) is 0 Å². The molecule has 3 rings (SSSR count). The number of carbonyl (C=O) groups is 3. The molecular formula is C17H10O4S. The Morgan fingerprint density at radius 2 is 1.55 bits per heavy atom. The van der Waals surface area contributed by atoms with Crippen LogP contribution in [0.4, 0.5) is 0 Å². The summed E-state index contributed by atoms with van der Waals surface area (Å²) in [4.78, 5) is 36.1. The van der Waals surface area contributed by atoms with E-state index >= 15 is 0 Å². The molecule has 0 bridgehead atoms. The highest BCUT2D eigenvalue weighted by Gasteiger charge is 2.27. The van der Waals surface area contributed by atoms with E-state index in [2.05, 4.69) is 12.6 Å². The maximum absolute atomic E-state index is 12.6. The normalized spacial score (nSPS) is 13.6. The van der Waals surface area contributed by atoms with Crippen LogP contribution in [0, 0.1) is 0 Å². The fraction of sp³-hybridized carbons (Fsp3) is 0. The Labute approximate surface area is 131 Å². The Hall–Kier alpha value is -2.66. The zero-order chi connectivity index (χ0) is 15.9. The zero-order valence-corrected chi connectivity index (χ0v) is 12.1. The second kappa shape index (κ2) is 5.27. The Balaban J connectivity index is 2.19. The lowest BCUT2D eigenvalue weighted by molar-refractivity contribution is 0.0692. The van der Waals surface area contributed by atoms with Crippen LogP contribution in [0.3, 0.4) is 0 Å². The van der Waals surface area contributed by atoms with Crippen LogP contribution in [-0.4, -0.2) is 22.6 Å². The highest BCUT2D eigenvalue weighted by molar-refractivity contribution is 7.80. The second-order valence-electron chi connectivity index (χ2n) is 4.80. The summed E-state index contributed by atoms with van der Waals surface area (Å²) in [6, 6.07) is 11.1. The molecule has 0 heterocycles. The first-order valence-electron chi connectivity index (χ1n) is 6.46. The van der Waals surface area contributed by atoms with Gasteiger partial charge in [-0.3, -0.25) is 9.59 Å². The SMILES string of the molecule is O=C1C=C(c2cccc(C(=O)O)c2S)C(=O)c2ccccc21. The minimum Gasteiger partial charge on any atom is -0.478 e. The summed E-state index contributed by atoms with van der Waals surface area (Å²) >= 11 is 4.22. The van der Waals surface area contributed by atoms with Gasteiger partial charge in [-0.2, -0.15) is 0 Å². The Morgan fingerprint density at radius 1 is 0.909 bits per heavy atom. The van der Waals surface area contributed by atoms with Gasteiger partial charge in [-0.05, 0) is 17.7 Å². The summed E-state index contributed by atoms with van der Waals surface area (Å²) in [7, 11) is 0. The quantitative estimate of drug-likeness (QED) is 0.836. The molecule has 4 nitrogen and oxygen atoms in total. The monoisotopic (exact) mass is 310 g/mol. The highest BCUT2D eigenvalue weighted by Crippen LogP contribution is 2.32. The molecule has 1 N–H and O–H groups in total. The smallest absolute Gasteiger partial charge is 0.336 e. The lowest BCUT2D eigenvalue weighted by Crippen LogP contribution is -2.16. The third kappa shape index (κ3) is 2.16.